The molecule has 1 saturated heterocycles. The van der Waals surface area contributed by atoms with Crippen molar-refractivity contribution in [3.63, 3.8) is 0 Å². The molecule has 0 N–H and O–H groups in total. The fourth-order valence-electron chi connectivity index (χ4n) is 3.41. The number of piperidine rings is 1. The van der Waals surface area contributed by atoms with Gasteiger partial charge in [0.05, 0.1) is 6.54 Å². The smallest absolute Gasteiger partial charge is 0.271 e. The minimum Gasteiger partial charge on any atom is -0.386 e. The molecule has 0 unspecified atom stereocenters. The van der Waals surface area contributed by atoms with Crippen LogP contribution < -0.4 is 4.90 Å². The van der Waals surface area contributed by atoms with E-state index in [1.54, 1.807) is 11.9 Å². The maximum absolute atomic E-state index is 12.5. The summed E-state index contributed by atoms with van der Waals surface area (Å²) < 4.78 is 0. The highest BCUT2D eigenvalue weighted by Gasteiger charge is 2.45. The second kappa shape index (κ2) is 6.61. The Bertz CT molecular complexity index is 682. The standard InChI is InChI=1S/C18H27N5O2/c1-12(2)22(5)16(24)15-10-18(25-21-15)7-6-8-23(11-18)17-19-13(3)9-14(4)20-17/h9,12H,6-8,10-11H2,1-5H3/t18-/m0/s1. The molecule has 1 aromatic heterocycles. The first kappa shape index (κ1) is 17.6. The van der Waals surface area contributed by atoms with Crippen LogP contribution in [0, 0.1) is 13.8 Å². The highest BCUT2D eigenvalue weighted by molar-refractivity contribution is 6.39. The van der Waals surface area contributed by atoms with Crippen molar-refractivity contribution >= 4 is 17.6 Å². The van der Waals surface area contributed by atoms with E-state index in [4.69, 9.17) is 4.84 Å². The second-order valence-corrected chi connectivity index (χ2v) is 7.47. The Balaban J connectivity index is 1.73. The van der Waals surface area contributed by atoms with E-state index >= 15 is 0 Å². The summed E-state index contributed by atoms with van der Waals surface area (Å²) in [6.07, 6.45) is 2.40. The number of aryl methyl sites for hydroxylation is 2. The Morgan fingerprint density at radius 2 is 2.00 bits per heavy atom. The lowest BCUT2D eigenvalue weighted by Gasteiger charge is -2.38. The number of rotatable bonds is 3. The summed E-state index contributed by atoms with van der Waals surface area (Å²) in [4.78, 5) is 31.3. The van der Waals surface area contributed by atoms with Crippen molar-refractivity contribution in [1.82, 2.24) is 14.9 Å². The molecule has 7 nitrogen and oxygen atoms in total. The average molecular weight is 345 g/mol. The molecule has 2 aliphatic rings. The topological polar surface area (TPSA) is 70.9 Å². The minimum absolute atomic E-state index is 0.0494. The van der Waals surface area contributed by atoms with Gasteiger partial charge in [-0.2, -0.15) is 0 Å². The highest BCUT2D eigenvalue weighted by Crippen LogP contribution is 2.35. The van der Waals surface area contributed by atoms with Gasteiger partial charge in [-0.25, -0.2) is 9.97 Å². The van der Waals surface area contributed by atoms with Crippen LogP contribution in [0.25, 0.3) is 0 Å². The maximum Gasteiger partial charge on any atom is 0.271 e. The molecule has 1 amide bonds. The van der Waals surface area contributed by atoms with Gasteiger partial charge in [-0.1, -0.05) is 5.16 Å². The Morgan fingerprint density at radius 3 is 2.64 bits per heavy atom. The number of hydrogen-bond donors (Lipinski definition) is 0. The summed E-state index contributed by atoms with van der Waals surface area (Å²) in [7, 11) is 1.80. The summed E-state index contributed by atoms with van der Waals surface area (Å²) in [6.45, 7) is 9.48. The number of hydrogen-bond acceptors (Lipinski definition) is 6. The van der Waals surface area contributed by atoms with Gasteiger partial charge in [0.2, 0.25) is 5.95 Å². The fraction of sp³-hybridized carbons (Fsp3) is 0.667. The van der Waals surface area contributed by atoms with Gasteiger partial charge in [-0.15, -0.1) is 0 Å². The molecule has 2 aliphatic heterocycles. The van der Waals surface area contributed by atoms with Crippen LogP contribution in [0.3, 0.4) is 0 Å². The van der Waals surface area contributed by atoms with Gasteiger partial charge in [-0.05, 0) is 46.6 Å². The van der Waals surface area contributed by atoms with E-state index in [9.17, 15) is 4.79 Å². The first-order valence-corrected chi connectivity index (χ1v) is 8.89. The van der Waals surface area contributed by atoms with Crippen LogP contribution in [0.15, 0.2) is 11.2 Å². The number of carbonyl (C=O) groups is 1. The van der Waals surface area contributed by atoms with Gasteiger partial charge in [0.25, 0.3) is 5.91 Å². The summed E-state index contributed by atoms with van der Waals surface area (Å²) in [5.41, 5.74) is 1.99. The van der Waals surface area contributed by atoms with E-state index in [1.807, 2.05) is 33.8 Å². The van der Waals surface area contributed by atoms with E-state index in [-0.39, 0.29) is 11.9 Å². The Morgan fingerprint density at radius 1 is 1.32 bits per heavy atom. The second-order valence-electron chi connectivity index (χ2n) is 7.47. The van der Waals surface area contributed by atoms with Crippen molar-refractivity contribution in [2.75, 3.05) is 25.0 Å². The van der Waals surface area contributed by atoms with Crippen LogP contribution in [0.5, 0.6) is 0 Å². The molecule has 1 atom stereocenters. The predicted octanol–water partition coefficient (Wildman–Crippen LogP) is 2.08. The van der Waals surface area contributed by atoms with E-state index < -0.39 is 5.60 Å². The Labute approximate surface area is 149 Å². The van der Waals surface area contributed by atoms with Gasteiger partial charge in [0, 0.05) is 37.4 Å². The summed E-state index contributed by atoms with van der Waals surface area (Å²) in [6, 6.07) is 2.11. The van der Waals surface area contributed by atoms with Crippen molar-refractivity contribution in [3.05, 3.63) is 17.5 Å². The quantitative estimate of drug-likeness (QED) is 0.839. The first-order valence-electron chi connectivity index (χ1n) is 8.89. The molecule has 25 heavy (non-hydrogen) atoms. The molecule has 1 spiro atoms. The molecule has 3 heterocycles. The third-order valence-corrected chi connectivity index (χ3v) is 4.97. The molecule has 7 heteroatoms. The zero-order valence-corrected chi connectivity index (χ0v) is 15.7. The molecule has 0 saturated carbocycles. The van der Waals surface area contributed by atoms with Crippen molar-refractivity contribution in [2.24, 2.45) is 5.16 Å². The molecule has 1 fully saturated rings. The minimum atomic E-state index is -0.442. The summed E-state index contributed by atoms with van der Waals surface area (Å²) in [5, 5.41) is 4.14. The van der Waals surface area contributed by atoms with Crippen molar-refractivity contribution < 1.29 is 9.63 Å². The number of anilines is 1. The molecule has 0 bridgehead atoms. The van der Waals surface area contributed by atoms with Gasteiger partial charge >= 0.3 is 0 Å². The maximum atomic E-state index is 12.5. The van der Waals surface area contributed by atoms with Gasteiger partial charge in [0.15, 0.2) is 5.60 Å². The van der Waals surface area contributed by atoms with Crippen molar-refractivity contribution in [3.8, 4) is 0 Å². The van der Waals surface area contributed by atoms with Crippen LogP contribution in [0.1, 0.15) is 44.5 Å². The lowest BCUT2D eigenvalue weighted by molar-refractivity contribution is -0.124. The van der Waals surface area contributed by atoms with Crippen LogP contribution in [0.4, 0.5) is 5.95 Å². The fourth-order valence-corrected chi connectivity index (χ4v) is 3.41. The molecule has 0 aromatic carbocycles. The van der Waals surface area contributed by atoms with Crippen LogP contribution in [0.2, 0.25) is 0 Å². The predicted molar refractivity (Wildman–Crippen MR) is 96.7 cm³/mol. The average Bonchev–Trinajstić information content (AvgIpc) is 2.95. The summed E-state index contributed by atoms with van der Waals surface area (Å²) in [5.74, 6) is 0.686. The molecular formula is C18H27N5O2. The highest BCUT2D eigenvalue weighted by atomic mass is 16.7. The van der Waals surface area contributed by atoms with Crippen LogP contribution in [-0.4, -0.2) is 58.3 Å². The zero-order chi connectivity index (χ0) is 18.2. The van der Waals surface area contributed by atoms with Gasteiger partial charge < -0.3 is 14.6 Å². The molecule has 136 valence electrons. The number of aromatic nitrogens is 2. The zero-order valence-electron chi connectivity index (χ0n) is 15.7. The molecule has 0 radical (unpaired) electrons. The number of nitrogens with zero attached hydrogens (tertiary/aromatic N) is 5. The Hall–Kier alpha value is -2.18. The van der Waals surface area contributed by atoms with E-state index in [0.717, 1.165) is 36.7 Å². The molecule has 1 aromatic rings. The molecule has 3 rings (SSSR count). The van der Waals surface area contributed by atoms with Crippen LogP contribution in [-0.2, 0) is 9.63 Å². The monoisotopic (exact) mass is 345 g/mol. The lowest BCUT2D eigenvalue weighted by atomic mass is 9.88. The SMILES string of the molecule is Cc1cc(C)nc(N2CCC[C@]3(CC(C(=O)N(C)C(C)C)=NO3)C2)n1. The van der Waals surface area contributed by atoms with E-state index in [0.29, 0.717) is 18.7 Å². The van der Waals surface area contributed by atoms with Gasteiger partial charge in [0.1, 0.15) is 5.71 Å². The largest absolute Gasteiger partial charge is 0.386 e. The number of amides is 1. The van der Waals surface area contributed by atoms with E-state index in [1.165, 1.54) is 0 Å². The molecular weight excluding hydrogens is 318 g/mol. The third kappa shape index (κ3) is 3.60. The number of oxime groups is 1. The third-order valence-electron chi connectivity index (χ3n) is 4.97. The van der Waals surface area contributed by atoms with E-state index in [2.05, 4.69) is 20.0 Å². The van der Waals surface area contributed by atoms with Crippen molar-refractivity contribution in [1.29, 1.82) is 0 Å². The Kier molecular flexibility index (Phi) is 4.67. The first-order chi connectivity index (χ1) is 11.8. The van der Waals surface area contributed by atoms with Crippen molar-refractivity contribution in [2.45, 2.75) is 58.6 Å². The lowest BCUT2D eigenvalue weighted by Crippen LogP contribution is -2.50. The molecule has 0 aliphatic carbocycles. The van der Waals surface area contributed by atoms with Crippen LogP contribution >= 0.6 is 0 Å². The normalized spacial score (nSPS) is 23.0. The summed E-state index contributed by atoms with van der Waals surface area (Å²) >= 11 is 0. The number of carbonyl (C=O) groups excluding carboxylic acids is 1. The van der Waals surface area contributed by atoms with Gasteiger partial charge in [-0.3, -0.25) is 4.79 Å².